The summed E-state index contributed by atoms with van der Waals surface area (Å²) in [6.07, 6.45) is 1.79. The van der Waals surface area contributed by atoms with Crippen molar-refractivity contribution in [1.29, 1.82) is 0 Å². The zero-order chi connectivity index (χ0) is 20.1. The Labute approximate surface area is 175 Å². The second kappa shape index (κ2) is 9.15. The molecule has 0 bridgehead atoms. The number of nitrogens with one attached hydrogen (secondary N) is 1. The van der Waals surface area contributed by atoms with Crippen LogP contribution in [0.5, 0.6) is 0 Å². The number of ether oxygens (including phenoxy) is 1. The van der Waals surface area contributed by atoms with E-state index in [4.69, 9.17) is 4.74 Å². The van der Waals surface area contributed by atoms with Crippen LogP contribution in [-0.2, 0) is 4.74 Å². The van der Waals surface area contributed by atoms with Gasteiger partial charge in [-0.25, -0.2) is 9.97 Å². The molecule has 1 aliphatic heterocycles. The largest absolute Gasteiger partial charge is 0.378 e. The number of hydrogen-bond donors (Lipinski definition) is 1. The summed E-state index contributed by atoms with van der Waals surface area (Å²) >= 11 is 1.63. The van der Waals surface area contributed by atoms with E-state index in [2.05, 4.69) is 73.6 Å². The minimum Gasteiger partial charge on any atom is -0.378 e. The molecule has 6 nitrogen and oxygen atoms in total. The van der Waals surface area contributed by atoms with E-state index in [1.165, 1.54) is 11.4 Å². The van der Waals surface area contributed by atoms with Crippen LogP contribution in [-0.4, -0.2) is 50.4 Å². The van der Waals surface area contributed by atoms with Crippen LogP contribution in [0.2, 0.25) is 0 Å². The zero-order valence-corrected chi connectivity index (χ0v) is 17.5. The molecule has 1 saturated heterocycles. The fraction of sp³-hybridized carbons (Fsp3) is 0.273. The number of hydrogen-bond acceptors (Lipinski definition) is 7. The van der Waals surface area contributed by atoms with E-state index in [1.54, 1.807) is 18.0 Å². The van der Waals surface area contributed by atoms with Crippen molar-refractivity contribution in [3.05, 3.63) is 60.8 Å². The van der Waals surface area contributed by atoms with Crippen LogP contribution >= 0.6 is 11.8 Å². The summed E-state index contributed by atoms with van der Waals surface area (Å²) < 4.78 is 5.42. The molecule has 0 saturated carbocycles. The van der Waals surface area contributed by atoms with Gasteiger partial charge in [0.05, 0.1) is 13.2 Å². The SMILES string of the molecule is CN(C)c1ccc(Sc2ccnc(Nc3ccc(N4CCOCC4)cc3)n2)cc1. The number of nitrogens with zero attached hydrogens (tertiary/aromatic N) is 4. The van der Waals surface area contributed by atoms with Crippen molar-refractivity contribution in [2.75, 3.05) is 55.5 Å². The van der Waals surface area contributed by atoms with Crippen molar-refractivity contribution in [3.63, 3.8) is 0 Å². The van der Waals surface area contributed by atoms with Crippen molar-refractivity contribution in [3.8, 4) is 0 Å². The van der Waals surface area contributed by atoms with Gasteiger partial charge in [0, 0.05) is 55.3 Å². The van der Waals surface area contributed by atoms with E-state index < -0.39 is 0 Å². The van der Waals surface area contributed by atoms with Crippen LogP contribution in [0.25, 0.3) is 0 Å². The summed E-state index contributed by atoms with van der Waals surface area (Å²) in [4.78, 5) is 14.6. The maximum Gasteiger partial charge on any atom is 0.228 e. The summed E-state index contributed by atoms with van der Waals surface area (Å²) in [5, 5.41) is 4.21. The number of anilines is 4. The Balaban J connectivity index is 1.40. The standard InChI is InChI=1S/C22H25N5OS/c1-26(2)18-7-9-20(10-8-18)29-21-11-12-23-22(25-21)24-17-3-5-19(6-4-17)27-13-15-28-16-14-27/h3-12H,13-16H2,1-2H3,(H,23,24,25). The Morgan fingerprint density at radius 3 is 2.38 bits per heavy atom. The molecule has 7 heteroatoms. The summed E-state index contributed by atoms with van der Waals surface area (Å²) in [5.41, 5.74) is 3.37. The third kappa shape index (κ3) is 5.19. The summed E-state index contributed by atoms with van der Waals surface area (Å²) in [7, 11) is 4.08. The van der Waals surface area contributed by atoms with Gasteiger partial charge in [0.2, 0.25) is 5.95 Å². The van der Waals surface area contributed by atoms with Crippen molar-refractivity contribution in [2.24, 2.45) is 0 Å². The molecule has 1 aliphatic rings. The van der Waals surface area contributed by atoms with Gasteiger partial charge in [-0.05, 0) is 54.6 Å². The second-order valence-electron chi connectivity index (χ2n) is 6.98. The average Bonchev–Trinajstić information content (AvgIpc) is 2.76. The highest BCUT2D eigenvalue weighted by Crippen LogP contribution is 2.28. The third-order valence-corrected chi connectivity index (χ3v) is 5.65. The highest BCUT2D eigenvalue weighted by Gasteiger charge is 2.11. The van der Waals surface area contributed by atoms with Crippen molar-refractivity contribution in [2.45, 2.75) is 9.92 Å². The summed E-state index contributed by atoms with van der Waals surface area (Å²) in [6.45, 7) is 3.45. The molecular weight excluding hydrogens is 382 g/mol. The average molecular weight is 408 g/mol. The maximum atomic E-state index is 5.42. The monoisotopic (exact) mass is 407 g/mol. The lowest BCUT2D eigenvalue weighted by atomic mass is 10.2. The predicted octanol–water partition coefficient (Wildman–Crippen LogP) is 4.27. The maximum absolute atomic E-state index is 5.42. The summed E-state index contributed by atoms with van der Waals surface area (Å²) in [5.74, 6) is 0.596. The molecule has 0 atom stereocenters. The molecule has 1 aromatic heterocycles. The van der Waals surface area contributed by atoms with Gasteiger partial charge in [0.25, 0.3) is 0 Å². The minimum atomic E-state index is 0.596. The van der Waals surface area contributed by atoms with E-state index in [0.717, 1.165) is 41.9 Å². The van der Waals surface area contributed by atoms with Crippen molar-refractivity contribution in [1.82, 2.24) is 9.97 Å². The van der Waals surface area contributed by atoms with Gasteiger partial charge in [-0.1, -0.05) is 11.8 Å². The van der Waals surface area contributed by atoms with Crippen molar-refractivity contribution >= 4 is 34.8 Å². The van der Waals surface area contributed by atoms with E-state index in [-0.39, 0.29) is 0 Å². The molecule has 1 fully saturated rings. The molecule has 2 aromatic carbocycles. The van der Waals surface area contributed by atoms with Gasteiger partial charge in [-0.15, -0.1) is 0 Å². The molecule has 0 spiro atoms. The normalized spacial score (nSPS) is 13.9. The number of aromatic nitrogens is 2. The first kappa shape index (κ1) is 19.5. The molecule has 0 amide bonds. The molecule has 2 heterocycles. The van der Waals surface area contributed by atoms with Gasteiger partial charge in [-0.3, -0.25) is 0 Å². The first-order chi connectivity index (χ1) is 14.2. The fourth-order valence-electron chi connectivity index (χ4n) is 3.10. The van der Waals surface area contributed by atoms with Gasteiger partial charge in [0.1, 0.15) is 5.03 Å². The lowest BCUT2D eigenvalue weighted by Gasteiger charge is -2.28. The van der Waals surface area contributed by atoms with Crippen molar-refractivity contribution < 1.29 is 4.74 Å². The molecular formula is C22H25N5OS. The van der Waals surface area contributed by atoms with E-state index in [9.17, 15) is 0 Å². The Morgan fingerprint density at radius 2 is 1.69 bits per heavy atom. The van der Waals surface area contributed by atoms with Crippen LogP contribution < -0.4 is 15.1 Å². The number of benzene rings is 2. The zero-order valence-electron chi connectivity index (χ0n) is 16.7. The summed E-state index contributed by atoms with van der Waals surface area (Å²) in [6, 6.07) is 18.7. The topological polar surface area (TPSA) is 53.5 Å². The highest BCUT2D eigenvalue weighted by molar-refractivity contribution is 7.99. The molecule has 0 unspecified atom stereocenters. The van der Waals surface area contributed by atoms with E-state index in [1.807, 2.05) is 20.2 Å². The van der Waals surface area contributed by atoms with Gasteiger partial charge < -0.3 is 19.9 Å². The van der Waals surface area contributed by atoms with Gasteiger partial charge in [0.15, 0.2) is 0 Å². The highest BCUT2D eigenvalue weighted by atomic mass is 32.2. The van der Waals surface area contributed by atoms with Gasteiger partial charge >= 0.3 is 0 Å². The van der Waals surface area contributed by atoms with Crippen LogP contribution in [0.1, 0.15) is 0 Å². The molecule has 0 radical (unpaired) electrons. The Kier molecular flexibility index (Phi) is 6.17. The quantitative estimate of drug-likeness (QED) is 0.612. The Bertz CT molecular complexity index is 925. The first-order valence-electron chi connectivity index (χ1n) is 9.65. The smallest absolute Gasteiger partial charge is 0.228 e. The second-order valence-corrected chi connectivity index (χ2v) is 8.07. The molecule has 29 heavy (non-hydrogen) atoms. The van der Waals surface area contributed by atoms with Crippen LogP contribution in [0, 0.1) is 0 Å². The van der Waals surface area contributed by atoms with Crippen LogP contribution in [0.3, 0.4) is 0 Å². The molecule has 4 rings (SSSR count). The molecule has 3 aromatic rings. The lowest BCUT2D eigenvalue weighted by Crippen LogP contribution is -2.36. The molecule has 1 N–H and O–H groups in total. The van der Waals surface area contributed by atoms with Gasteiger partial charge in [-0.2, -0.15) is 0 Å². The van der Waals surface area contributed by atoms with Crippen LogP contribution in [0.4, 0.5) is 23.0 Å². The predicted molar refractivity (Wildman–Crippen MR) is 120 cm³/mol. The lowest BCUT2D eigenvalue weighted by molar-refractivity contribution is 0.122. The Hall–Kier alpha value is -2.77. The Morgan fingerprint density at radius 1 is 0.966 bits per heavy atom. The third-order valence-electron chi connectivity index (χ3n) is 4.71. The molecule has 150 valence electrons. The number of morpholine rings is 1. The minimum absolute atomic E-state index is 0.596. The first-order valence-corrected chi connectivity index (χ1v) is 10.5. The van der Waals surface area contributed by atoms with E-state index >= 15 is 0 Å². The number of rotatable bonds is 6. The molecule has 0 aliphatic carbocycles. The van der Waals surface area contributed by atoms with E-state index in [0.29, 0.717) is 5.95 Å². The fourth-order valence-corrected chi connectivity index (χ4v) is 3.87. The van der Waals surface area contributed by atoms with Crippen LogP contribution in [0.15, 0.2) is 70.7 Å².